The van der Waals surface area contributed by atoms with Crippen LogP contribution in [0, 0.1) is 0 Å². The Morgan fingerprint density at radius 2 is 1.69 bits per heavy atom. The minimum atomic E-state index is -3.68. The van der Waals surface area contributed by atoms with Gasteiger partial charge in [-0.05, 0) is 36.4 Å². The van der Waals surface area contributed by atoms with Gasteiger partial charge in [0.05, 0.1) is 22.0 Å². The van der Waals surface area contributed by atoms with Crippen molar-refractivity contribution in [2.75, 3.05) is 48.2 Å². The van der Waals surface area contributed by atoms with Gasteiger partial charge in [0, 0.05) is 36.9 Å². The van der Waals surface area contributed by atoms with E-state index in [1.54, 1.807) is 4.90 Å². The largest absolute Gasteiger partial charge is 0.368 e. The second-order valence-corrected chi connectivity index (χ2v) is 9.87. The van der Waals surface area contributed by atoms with Crippen LogP contribution in [-0.2, 0) is 14.8 Å². The van der Waals surface area contributed by atoms with E-state index in [1.807, 2.05) is 24.3 Å². The number of halogens is 3. The van der Waals surface area contributed by atoms with Gasteiger partial charge in [0.1, 0.15) is 6.54 Å². The molecule has 0 saturated carbocycles. The number of carbonyl (C=O) groups excluding carboxylic acids is 1. The molecule has 6 nitrogen and oxygen atoms in total. The average Bonchev–Trinajstić information content (AvgIpc) is 2.67. The maximum absolute atomic E-state index is 12.8. The van der Waals surface area contributed by atoms with E-state index in [-0.39, 0.29) is 17.5 Å². The second-order valence-electron chi connectivity index (χ2n) is 6.72. The maximum Gasteiger partial charge on any atom is 0.243 e. The monoisotopic (exact) mass is 475 g/mol. The molecule has 1 aliphatic rings. The van der Waals surface area contributed by atoms with Gasteiger partial charge in [-0.1, -0.05) is 40.9 Å². The van der Waals surface area contributed by atoms with Crippen molar-refractivity contribution in [3.05, 3.63) is 57.5 Å². The van der Waals surface area contributed by atoms with E-state index >= 15 is 0 Å². The van der Waals surface area contributed by atoms with Crippen molar-refractivity contribution in [2.24, 2.45) is 0 Å². The lowest BCUT2D eigenvalue weighted by atomic mass is 10.2. The van der Waals surface area contributed by atoms with Gasteiger partial charge in [-0.15, -0.1) is 0 Å². The fourth-order valence-electron chi connectivity index (χ4n) is 3.15. The number of rotatable bonds is 5. The van der Waals surface area contributed by atoms with Crippen molar-refractivity contribution in [1.82, 2.24) is 4.90 Å². The lowest BCUT2D eigenvalue weighted by Gasteiger charge is -2.37. The number of nitrogens with zero attached hydrogens (tertiary/aromatic N) is 3. The van der Waals surface area contributed by atoms with Crippen LogP contribution >= 0.6 is 34.8 Å². The van der Waals surface area contributed by atoms with Gasteiger partial charge in [-0.2, -0.15) is 0 Å². The average molecular weight is 477 g/mol. The van der Waals surface area contributed by atoms with Gasteiger partial charge in [-0.3, -0.25) is 9.10 Å². The van der Waals surface area contributed by atoms with E-state index in [0.717, 1.165) is 16.2 Å². The van der Waals surface area contributed by atoms with Crippen LogP contribution < -0.4 is 9.21 Å². The van der Waals surface area contributed by atoms with Gasteiger partial charge in [0.2, 0.25) is 15.9 Å². The molecular formula is C19H20Cl3N3O3S. The van der Waals surface area contributed by atoms with E-state index in [1.165, 1.54) is 18.2 Å². The van der Waals surface area contributed by atoms with E-state index in [4.69, 9.17) is 34.8 Å². The molecule has 0 unspecified atom stereocenters. The molecule has 0 aromatic heterocycles. The van der Waals surface area contributed by atoms with Gasteiger partial charge in [0.15, 0.2) is 0 Å². The van der Waals surface area contributed by atoms with Crippen LogP contribution in [0.15, 0.2) is 42.5 Å². The van der Waals surface area contributed by atoms with Crippen molar-refractivity contribution < 1.29 is 13.2 Å². The Morgan fingerprint density at radius 3 is 2.28 bits per heavy atom. The molecular weight excluding hydrogens is 457 g/mol. The molecule has 0 spiro atoms. The molecule has 0 N–H and O–H groups in total. The fourth-order valence-corrected chi connectivity index (χ4v) is 4.47. The number of amides is 1. The highest BCUT2D eigenvalue weighted by Gasteiger charge is 2.27. The highest BCUT2D eigenvalue weighted by atomic mass is 35.5. The highest BCUT2D eigenvalue weighted by Crippen LogP contribution is 2.28. The molecule has 0 aliphatic carbocycles. The molecule has 0 atom stereocenters. The first kappa shape index (κ1) is 22.0. The van der Waals surface area contributed by atoms with Crippen molar-refractivity contribution in [3.63, 3.8) is 0 Å². The smallest absolute Gasteiger partial charge is 0.243 e. The third-order valence-electron chi connectivity index (χ3n) is 4.68. The predicted octanol–water partition coefficient (Wildman–Crippen LogP) is 3.76. The van der Waals surface area contributed by atoms with Crippen LogP contribution in [-0.4, -0.2) is 58.2 Å². The number of carbonyl (C=O) groups is 1. The number of piperazine rings is 1. The van der Waals surface area contributed by atoms with Crippen LogP contribution in [0.3, 0.4) is 0 Å². The lowest BCUT2D eigenvalue weighted by Crippen LogP contribution is -2.52. The summed E-state index contributed by atoms with van der Waals surface area (Å²) in [6.07, 6.45) is 1.06. The number of benzene rings is 2. The third kappa shape index (κ3) is 5.48. The quantitative estimate of drug-likeness (QED) is 0.659. The van der Waals surface area contributed by atoms with Crippen molar-refractivity contribution in [2.45, 2.75) is 0 Å². The molecule has 1 heterocycles. The molecule has 3 rings (SSSR count). The molecule has 1 aliphatic heterocycles. The molecule has 1 amide bonds. The summed E-state index contributed by atoms with van der Waals surface area (Å²) in [7, 11) is -3.68. The Kier molecular flexibility index (Phi) is 6.83. The Hall–Kier alpha value is -1.67. The van der Waals surface area contributed by atoms with Gasteiger partial charge >= 0.3 is 0 Å². The topological polar surface area (TPSA) is 60.9 Å². The first-order chi connectivity index (χ1) is 13.6. The van der Waals surface area contributed by atoms with E-state index < -0.39 is 10.0 Å². The summed E-state index contributed by atoms with van der Waals surface area (Å²) in [5.41, 5.74) is 1.30. The summed E-state index contributed by atoms with van der Waals surface area (Å²) in [5, 5.41) is 1.19. The predicted molar refractivity (Wildman–Crippen MR) is 119 cm³/mol. The molecule has 10 heteroatoms. The van der Waals surface area contributed by atoms with E-state index in [9.17, 15) is 13.2 Å². The molecule has 156 valence electrons. The van der Waals surface area contributed by atoms with Gasteiger partial charge < -0.3 is 9.80 Å². The molecule has 0 bridgehead atoms. The van der Waals surface area contributed by atoms with E-state index in [2.05, 4.69) is 4.90 Å². The molecule has 29 heavy (non-hydrogen) atoms. The van der Waals surface area contributed by atoms with Crippen LogP contribution in [0.25, 0.3) is 0 Å². The lowest BCUT2D eigenvalue weighted by molar-refractivity contribution is -0.129. The number of hydrogen-bond acceptors (Lipinski definition) is 4. The van der Waals surface area contributed by atoms with Crippen molar-refractivity contribution in [3.8, 4) is 0 Å². The Morgan fingerprint density at radius 1 is 1.00 bits per heavy atom. The number of anilines is 2. The first-order valence-corrected chi connectivity index (χ1v) is 11.8. The minimum absolute atomic E-state index is 0.223. The normalized spacial score (nSPS) is 14.8. The zero-order valence-corrected chi connectivity index (χ0v) is 18.8. The Labute approximate surface area is 185 Å². The summed E-state index contributed by atoms with van der Waals surface area (Å²) in [6, 6.07) is 12.0. The number of hydrogen-bond donors (Lipinski definition) is 0. The van der Waals surface area contributed by atoms with Crippen LogP contribution in [0.1, 0.15) is 0 Å². The van der Waals surface area contributed by atoms with Crippen LogP contribution in [0.5, 0.6) is 0 Å². The standard InChI is InChI=1S/C19H20Cl3N3O3S/c1-29(27,28)25(16-5-6-17(21)18(22)12-16)13-19(26)24-9-7-23(8-10-24)15-4-2-3-14(20)11-15/h2-6,11-12H,7-10,13H2,1H3. The molecule has 0 radical (unpaired) electrons. The molecule has 1 saturated heterocycles. The Bertz CT molecular complexity index is 1010. The van der Waals surface area contributed by atoms with E-state index in [0.29, 0.717) is 41.9 Å². The zero-order valence-electron chi connectivity index (χ0n) is 15.7. The summed E-state index contributed by atoms with van der Waals surface area (Å²) in [5.74, 6) is -0.271. The molecule has 2 aromatic carbocycles. The van der Waals surface area contributed by atoms with Gasteiger partial charge in [-0.25, -0.2) is 8.42 Å². The second kappa shape index (κ2) is 9.00. The van der Waals surface area contributed by atoms with Crippen LogP contribution in [0.4, 0.5) is 11.4 Å². The summed E-state index contributed by atoms with van der Waals surface area (Å²) >= 11 is 18.0. The Balaban J connectivity index is 1.68. The van der Waals surface area contributed by atoms with Crippen LogP contribution in [0.2, 0.25) is 15.1 Å². The maximum atomic E-state index is 12.8. The zero-order chi connectivity index (χ0) is 21.2. The minimum Gasteiger partial charge on any atom is -0.368 e. The van der Waals surface area contributed by atoms with Gasteiger partial charge in [0.25, 0.3) is 0 Å². The SMILES string of the molecule is CS(=O)(=O)N(CC(=O)N1CCN(c2cccc(Cl)c2)CC1)c1ccc(Cl)c(Cl)c1. The third-order valence-corrected chi connectivity index (χ3v) is 6.79. The summed E-state index contributed by atoms with van der Waals surface area (Å²) in [4.78, 5) is 16.6. The fraction of sp³-hybridized carbons (Fsp3) is 0.316. The first-order valence-electron chi connectivity index (χ1n) is 8.86. The summed E-state index contributed by atoms with van der Waals surface area (Å²) < 4.78 is 25.6. The summed E-state index contributed by atoms with van der Waals surface area (Å²) in [6.45, 7) is 1.96. The van der Waals surface area contributed by atoms with Crippen molar-refractivity contribution in [1.29, 1.82) is 0 Å². The number of sulfonamides is 1. The molecule has 1 fully saturated rings. The highest BCUT2D eigenvalue weighted by molar-refractivity contribution is 7.92. The van der Waals surface area contributed by atoms with Crippen molar-refractivity contribution >= 4 is 62.1 Å². The molecule has 2 aromatic rings.